The van der Waals surface area contributed by atoms with Crippen molar-refractivity contribution in [2.24, 2.45) is 0 Å². The van der Waals surface area contributed by atoms with Crippen molar-refractivity contribution >= 4 is 5.97 Å². The van der Waals surface area contributed by atoms with Crippen molar-refractivity contribution in [1.29, 1.82) is 0 Å². The normalized spacial score (nSPS) is 12.2. The van der Waals surface area contributed by atoms with Gasteiger partial charge in [0.1, 0.15) is 0 Å². The Hall–Kier alpha value is -0.830. The molecular formula is C11H21NO2. The van der Waals surface area contributed by atoms with Gasteiger partial charge in [0.2, 0.25) is 0 Å². The van der Waals surface area contributed by atoms with Crippen LogP contribution in [0.4, 0.5) is 0 Å². The van der Waals surface area contributed by atoms with E-state index in [1.807, 2.05) is 6.92 Å². The minimum absolute atomic E-state index is 0.226. The van der Waals surface area contributed by atoms with Gasteiger partial charge in [0.05, 0.1) is 0 Å². The molecule has 1 atom stereocenters. The van der Waals surface area contributed by atoms with Crippen molar-refractivity contribution in [3.8, 4) is 0 Å². The van der Waals surface area contributed by atoms with Crippen LogP contribution >= 0.6 is 0 Å². The summed E-state index contributed by atoms with van der Waals surface area (Å²) in [5.74, 6) is -0.333. The smallest absolute Gasteiger partial charge is 0.334 e. The SMILES string of the molecule is C=C(C)C(=O)OC(C)NCCCCC. The summed E-state index contributed by atoms with van der Waals surface area (Å²) in [7, 11) is 0. The molecule has 1 unspecified atom stereocenters. The number of carbonyl (C=O) groups excluding carboxylic acids is 1. The molecule has 0 spiro atoms. The van der Waals surface area contributed by atoms with Crippen molar-refractivity contribution in [2.45, 2.75) is 46.3 Å². The maximum Gasteiger partial charge on any atom is 0.334 e. The van der Waals surface area contributed by atoms with Crippen LogP contribution in [0.25, 0.3) is 0 Å². The molecule has 82 valence electrons. The number of nitrogens with one attached hydrogen (secondary N) is 1. The fraction of sp³-hybridized carbons (Fsp3) is 0.727. The molecule has 0 aromatic carbocycles. The lowest BCUT2D eigenvalue weighted by molar-refractivity contribution is -0.144. The largest absolute Gasteiger partial charge is 0.444 e. The van der Waals surface area contributed by atoms with Crippen LogP contribution in [-0.4, -0.2) is 18.7 Å². The third-order valence-electron chi connectivity index (χ3n) is 1.84. The number of hydrogen-bond acceptors (Lipinski definition) is 3. The van der Waals surface area contributed by atoms with Crippen LogP contribution in [0.15, 0.2) is 12.2 Å². The molecule has 0 radical (unpaired) electrons. The predicted molar refractivity (Wildman–Crippen MR) is 57.9 cm³/mol. The van der Waals surface area contributed by atoms with Crippen molar-refractivity contribution in [2.75, 3.05) is 6.54 Å². The lowest BCUT2D eigenvalue weighted by Gasteiger charge is -2.14. The molecule has 14 heavy (non-hydrogen) atoms. The number of unbranched alkanes of at least 4 members (excludes halogenated alkanes) is 2. The minimum Gasteiger partial charge on any atom is -0.444 e. The molecule has 0 aliphatic rings. The third-order valence-corrected chi connectivity index (χ3v) is 1.84. The zero-order chi connectivity index (χ0) is 11.0. The van der Waals surface area contributed by atoms with E-state index in [-0.39, 0.29) is 12.2 Å². The molecule has 3 nitrogen and oxygen atoms in total. The lowest BCUT2D eigenvalue weighted by Crippen LogP contribution is -2.31. The first kappa shape index (κ1) is 13.2. The summed E-state index contributed by atoms with van der Waals surface area (Å²) in [6.07, 6.45) is 3.29. The van der Waals surface area contributed by atoms with E-state index in [9.17, 15) is 4.79 Å². The van der Waals surface area contributed by atoms with Crippen LogP contribution in [0.1, 0.15) is 40.0 Å². The molecule has 0 rings (SSSR count). The Morgan fingerprint density at radius 2 is 2.14 bits per heavy atom. The first-order chi connectivity index (χ1) is 6.57. The number of rotatable bonds is 7. The average molecular weight is 199 g/mol. The van der Waals surface area contributed by atoms with E-state index in [0.29, 0.717) is 5.57 Å². The summed E-state index contributed by atoms with van der Waals surface area (Å²) in [4.78, 5) is 11.1. The van der Waals surface area contributed by atoms with Gasteiger partial charge in [0.25, 0.3) is 0 Å². The Balaban J connectivity index is 3.50. The van der Waals surface area contributed by atoms with Crippen LogP contribution in [0.5, 0.6) is 0 Å². The molecule has 0 aliphatic heterocycles. The van der Waals surface area contributed by atoms with Crippen LogP contribution in [0.2, 0.25) is 0 Å². The molecule has 0 amide bonds. The predicted octanol–water partition coefficient (Wildman–Crippen LogP) is 2.23. The van der Waals surface area contributed by atoms with E-state index < -0.39 is 0 Å². The molecule has 0 aromatic heterocycles. The van der Waals surface area contributed by atoms with Gasteiger partial charge in [-0.05, 0) is 26.8 Å². The molecule has 0 aromatic rings. The zero-order valence-electron chi connectivity index (χ0n) is 9.43. The standard InChI is InChI=1S/C11H21NO2/c1-5-6-7-8-12-10(4)14-11(13)9(2)3/h10,12H,2,5-8H2,1,3-4H3. The summed E-state index contributed by atoms with van der Waals surface area (Å²) in [6, 6.07) is 0. The average Bonchev–Trinajstić information content (AvgIpc) is 2.12. The van der Waals surface area contributed by atoms with Crippen LogP contribution in [0, 0.1) is 0 Å². The summed E-state index contributed by atoms with van der Waals surface area (Å²) in [5, 5.41) is 3.12. The number of ether oxygens (including phenoxy) is 1. The molecule has 0 saturated heterocycles. The molecule has 0 aliphatic carbocycles. The van der Waals surface area contributed by atoms with E-state index in [4.69, 9.17) is 4.74 Å². The van der Waals surface area contributed by atoms with E-state index in [2.05, 4.69) is 18.8 Å². The molecule has 0 saturated carbocycles. The van der Waals surface area contributed by atoms with Crippen molar-refractivity contribution in [3.63, 3.8) is 0 Å². The minimum atomic E-state index is -0.333. The first-order valence-electron chi connectivity index (χ1n) is 5.17. The van der Waals surface area contributed by atoms with E-state index in [0.717, 1.165) is 13.0 Å². The number of esters is 1. The highest BCUT2D eigenvalue weighted by Gasteiger charge is 2.08. The fourth-order valence-corrected chi connectivity index (χ4v) is 0.983. The maximum atomic E-state index is 11.1. The van der Waals surface area contributed by atoms with E-state index >= 15 is 0 Å². The molecule has 1 N–H and O–H groups in total. The quantitative estimate of drug-likeness (QED) is 0.296. The monoisotopic (exact) mass is 199 g/mol. The summed E-state index contributed by atoms with van der Waals surface area (Å²) in [6.45, 7) is 10.0. The first-order valence-corrected chi connectivity index (χ1v) is 5.17. The molecule has 0 bridgehead atoms. The van der Waals surface area contributed by atoms with Gasteiger partial charge in [-0.2, -0.15) is 0 Å². The van der Waals surface area contributed by atoms with Gasteiger partial charge in [-0.15, -0.1) is 0 Å². The van der Waals surface area contributed by atoms with Crippen LogP contribution in [0.3, 0.4) is 0 Å². The number of carbonyl (C=O) groups is 1. The Morgan fingerprint density at radius 3 is 2.64 bits per heavy atom. The van der Waals surface area contributed by atoms with E-state index in [1.165, 1.54) is 12.8 Å². The molecule has 0 fully saturated rings. The van der Waals surface area contributed by atoms with E-state index in [1.54, 1.807) is 6.92 Å². The van der Waals surface area contributed by atoms with Crippen molar-refractivity contribution < 1.29 is 9.53 Å². The van der Waals surface area contributed by atoms with Crippen molar-refractivity contribution in [3.05, 3.63) is 12.2 Å². The zero-order valence-corrected chi connectivity index (χ0v) is 9.43. The van der Waals surface area contributed by atoms with Gasteiger partial charge >= 0.3 is 5.97 Å². The second-order valence-electron chi connectivity index (χ2n) is 3.49. The Labute approximate surface area is 86.5 Å². The summed E-state index contributed by atoms with van der Waals surface area (Å²) in [5.41, 5.74) is 0.437. The third kappa shape index (κ3) is 6.66. The van der Waals surface area contributed by atoms with Crippen molar-refractivity contribution in [1.82, 2.24) is 5.32 Å². The number of hydrogen-bond donors (Lipinski definition) is 1. The maximum absolute atomic E-state index is 11.1. The summed E-state index contributed by atoms with van der Waals surface area (Å²) >= 11 is 0. The molecule has 3 heteroatoms. The van der Waals surface area contributed by atoms with Gasteiger partial charge in [-0.25, -0.2) is 4.79 Å². The highest BCUT2D eigenvalue weighted by molar-refractivity contribution is 5.87. The molecule has 0 heterocycles. The topological polar surface area (TPSA) is 38.3 Å². The second-order valence-corrected chi connectivity index (χ2v) is 3.49. The highest BCUT2D eigenvalue weighted by atomic mass is 16.6. The van der Waals surface area contributed by atoms with Crippen LogP contribution < -0.4 is 5.32 Å². The van der Waals surface area contributed by atoms with Gasteiger partial charge in [0.15, 0.2) is 6.23 Å². The Bertz CT molecular complexity index is 190. The van der Waals surface area contributed by atoms with Gasteiger partial charge in [-0.1, -0.05) is 26.3 Å². The van der Waals surface area contributed by atoms with Gasteiger partial charge < -0.3 is 4.74 Å². The highest BCUT2D eigenvalue weighted by Crippen LogP contribution is 1.97. The summed E-state index contributed by atoms with van der Waals surface area (Å²) < 4.78 is 5.04. The Morgan fingerprint density at radius 1 is 1.50 bits per heavy atom. The molecular weight excluding hydrogens is 178 g/mol. The van der Waals surface area contributed by atoms with Gasteiger partial charge in [-0.3, -0.25) is 5.32 Å². The van der Waals surface area contributed by atoms with Crippen LogP contribution in [-0.2, 0) is 9.53 Å². The second kappa shape index (κ2) is 7.56. The van der Waals surface area contributed by atoms with Gasteiger partial charge in [0, 0.05) is 5.57 Å². The lowest BCUT2D eigenvalue weighted by atomic mass is 10.2. The Kier molecular flexibility index (Phi) is 7.11. The fourth-order valence-electron chi connectivity index (χ4n) is 0.983.